The molecule has 0 aliphatic rings. The Hall–Kier alpha value is -0.730. The third-order valence-corrected chi connectivity index (χ3v) is 3.89. The van der Waals surface area contributed by atoms with Crippen molar-refractivity contribution in [3.8, 4) is 5.75 Å². The largest absolute Gasteiger partial charge is 0.496 e. The van der Waals surface area contributed by atoms with Crippen LogP contribution in [0.25, 0.3) is 0 Å². The quantitative estimate of drug-likeness (QED) is 0.816. The lowest BCUT2D eigenvalue weighted by atomic mass is 9.95. The van der Waals surface area contributed by atoms with E-state index in [1.807, 2.05) is 20.8 Å². The van der Waals surface area contributed by atoms with E-state index in [0.717, 1.165) is 46.7 Å². The summed E-state index contributed by atoms with van der Waals surface area (Å²) in [6.45, 7) is 6.32. The van der Waals surface area contributed by atoms with Gasteiger partial charge in [-0.2, -0.15) is 0 Å². The van der Waals surface area contributed by atoms with Crippen molar-refractivity contribution in [1.29, 1.82) is 0 Å². The van der Waals surface area contributed by atoms with Crippen LogP contribution in [0.2, 0.25) is 5.02 Å². The predicted molar refractivity (Wildman–Crippen MR) is 72.2 cm³/mol. The lowest BCUT2D eigenvalue weighted by Gasteiger charge is -2.18. The van der Waals surface area contributed by atoms with Crippen molar-refractivity contribution in [3.05, 3.63) is 27.3 Å². The van der Waals surface area contributed by atoms with Gasteiger partial charge < -0.3 is 9.84 Å². The number of halogens is 1. The van der Waals surface area contributed by atoms with Gasteiger partial charge in [0.2, 0.25) is 0 Å². The van der Waals surface area contributed by atoms with Gasteiger partial charge in [0, 0.05) is 11.6 Å². The average molecular weight is 257 g/mol. The number of hydrogen-bond acceptors (Lipinski definition) is 2. The minimum Gasteiger partial charge on any atom is -0.496 e. The Morgan fingerprint density at radius 3 is 2.24 bits per heavy atom. The molecule has 0 aromatic heterocycles. The fourth-order valence-electron chi connectivity index (χ4n) is 2.14. The van der Waals surface area contributed by atoms with Gasteiger partial charge >= 0.3 is 0 Å². The monoisotopic (exact) mass is 256 g/mol. The van der Waals surface area contributed by atoms with Crippen LogP contribution in [0, 0.1) is 20.8 Å². The van der Waals surface area contributed by atoms with Crippen LogP contribution in [-0.4, -0.2) is 18.8 Å². The molecule has 2 nitrogen and oxygen atoms in total. The van der Waals surface area contributed by atoms with Gasteiger partial charge in [0.05, 0.1) is 7.11 Å². The van der Waals surface area contributed by atoms with E-state index >= 15 is 0 Å². The standard InChI is InChI=1S/C14H21ClO2/c1-9-10(2)14(17-4)12(7-5-6-8-16)11(3)13(9)15/h16H,5-8H2,1-4H3. The Balaban J connectivity index is 3.17. The second-order valence-corrected chi connectivity index (χ2v) is 4.76. The number of aliphatic hydroxyl groups excluding tert-OH is 1. The number of benzene rings is 1. The first kappa shape index (κ1) is 14.3. The maximum absolute atomic E-state index is 8.84. The highest BCUT2D eigenvalue weighted by Gasteiger charge is 2.16. The highest BCUT2D eigenvalue weighted by molar-refractivity contribution is 6.32. The van der Waals surface area contributed by atoms with Gasteiger partial charge in [-0.05, 0) is 62.3 Å². The molecule has 0 saturated heterocycles. The first-order chi connectivity index (χ1) is 8.04. The van der Waals surface area contributed by atoms with Crippen molar-refractivity contribution in [2.45, 2.75) is 40.0 Å². The van der Waals surface area contributed by atoms with Gasteiger partial charge in [-0.1, -0.05) is 11.6 Å². The fourth-order valence-corrected chi connectivity index (χ4v) is 2.39. The molecule has 1 rings (SSSR count). The minimum absolute atomic E-state index is 0.236. The summed E-state index contributed by atoms with van der Waals surface area (Å²) in [6, 6.07) is 0. The topological polar surface area (TPSA) is 29.5 Å². The van der Waals surface area contributed by atoms with Crippen LogP contribution < -0.4 is 4.74 Å². The molecule has 0 unspecified atom stereocenters. The number of ether oxygens (including phenoxy) is 1. The Morgan fingerprint density at radius 1 is 1.06 bits per heavy atom. The number of unbranched alkanes of at least 4 members (excludes halogenated alkanes) is 1. The summed E-state index contributed by atoms with van der Waals surface area (Å²) in [7, 11) is 1.70. The second kappa shape index (κ2) is 6.27. The van der Waals surface area contributed by atoms with Crippen LogP contribution in [0.1, 0.15) is 35.1 Å². The smallest absolute Gasteiger partial charge is 0.125 e. The van der Waals surface area contributed by atoms with Crippen LogP contribution in [0.5, 0.6) is 5.75 Å². The minimum atomic E-state index is 0.236. The Bertz CT molecular complexity index is 400. The van der Waals surface area contributed by atoms with Crippen molar-refractivity contribution >= 4 is 11.6 Å². The molecular formula is C14H21ClO2. The molecule has 1 N–H and O–H groups in total. The highest BCUT2D eigenvalue weighted by atomic mass is 35.5. The zero-order valence-electron chi connectivity index (χ0n) is 11.1. The molecule has 0 aliphatic carbocycles. The van der Waals surface area contributed by atoms with Crippen LogP contribution in [0.15, 0.2) is 0 Å². The van der Waals surface area contributed by atoms with Gasteiger partial charge in [-0.15, -0.1) is 0 Å². The van der Waals surface area contributed by atoms with E-state index in [1.165, 1.54) is 5.56 Å². The Kier molecular flexibility index (Phi) is 5.29. The molecule has 0 spiro atoms. The zero-order chi connectivity index (χ0) is 13.0. The van der Waals surface area contributed by atoms with E-state index in [0.29, 0.717) is 0 Å². The van der Waals surface area contributed by atoms with E-state index < -0.39 is 0 Å². The lowest BCUT2D eigenvalue weighted by Crippen LogP contribution is -2.02. The second-order valence-electron chi connectivity index (χ2n) is 4.38. The Labute approximate surface area is 109 Å². The third kappa shape index (κ3) is 2.93. The number of rotatable bonds is 5. The molecule has 0 saturated carbocycles. The SMILES string of the molecule is COc1c(C)c(C)c(Cl)c(C)c1CCCCO. The van der Waals surface area contributed by atoms with Crippen molar-refractivity contribution in [2.75, 3.05) is 13.7 Å². The molecule has 0 fully saturated rings. The molecule has 96 valence electrons. The zero-order valence-corrected chi connectivity index (χ0v) is 11.8. The van der Waals surface area contributed by atoms with Crippen molar-refractivity contribution < 1.29 is 9.84 Å². The van der Waals surface area contributed by atoms with Gasteiger partial charge in [-0.25, -0.2) is 0 Å². The lowest BCUT2D eigenvalue weighted by molar-refractivity contribution is 0.284. The van der Waals surface area contributed by atoms with Crippen molar-refractivity contribution in [2.24, 2.45) is 0 Å². The maximum Gasteiger partial charge on any atom is 0.125 e. The highest BCUT2D eigenvalue weighted by Crippen LogP contribution is 2.36. The molecule has 1 aromatic rings. The van der Waals surface area contributed by atoms with Crippen molar-refractivity contribution in [3.63, 3.8) is 0 Å². The van der Waals surface area contributed by atoms with Gasteiger partial charge in [0.1, 0.15) is 5.75 Å². The van der Waals surface area contributed by atoms with E-state index in [-0.39, 0.29) is 6.61 Å². The Morgan fingerprint density at radius 2 is 1.71 bits per heavy atom. The molecular weight excluding hydrogens is 236 g/mol. The summed E-state index contributed by atoms with van der Waals surface area (Å²) >= 11 is 6.32. The van der Waals surface area contributed by atoms with E-state index in [1.54, 1.807) is 7.11 Å². The maximum atomic E-state index is 8.84. The number of hydrogen-bond donors (Lipinski definition) is 1. The normalized spacial score (nSPS) is 10.7. The van der Waals surface area contributed by atoms with Gasteiger partial charge in [-0.3, -0.25) is 0 Å². The summed E-state index contributed by atoms with van der Waals surface area (Å²) in [6.07, 6.45) is 2.66. The van der Waals surface area contributed by atoms with Crippen LogP contribution in [0.3, 0.4) is 0 Å². The van der Waals surface area contributed by atoms with Crippen molar-refractivity contribution in [1.82, 2.24) is 0 Å². The first-order valence-corrected chi connectivity index (χ1v) is 6.35. The summed E-state index contributed by atoms with van der Waals surface area (Å²) < 4.78 is 5.50. The third-order valence-electron chi connectivity index (χ3n) is 3.33. The first-order valence-electron chi connectivity index (χ1n) is 5.97. The molecule has 0 aliphatic heterocycles. The molecule has 3 heteroatoms. The summed E-state index contributed by atoms with van der Waals surface area (Å²) in [5, 5.41) is 9.67. The van der Waals surface area contributed by atoms with E-state index in [4.69, 9.17) is 21.4 Å². The molecule has 17 heavy (non-hydrogen) atoms. The molecule has 0 amide bonds. The fraction of sp³-hybridized carbons (Fsp3) is 0.571. The van der Waals surface area contributed by atoms with Crippen LogP contribution in [0.4, 0.5) is 0 Å². The van der Waals surface area contributed by atoms with E-state index in [2.05, 4.69) is 0 Å². The van der Waals surface area contributed by atoms with Gasteiger partial charge in [0.25, 0.3) is 0 Å². The van der Waals surface area contributed by atoms with Crippen LogP contribution in [-0.2, 0) is 6.42 Å². The predicted octanol–water partition coefficient (Wildman–Crippen LogP) is 3.59. The average Bonchev–Trinajstić information content (AvgIpc) is 2.33. The molecule has 0 bridgehead atoms. The summed E-state index contributed by atoms with van der Waals surface area (Å²) in [5.41, 5.74) is 4.48. The molecule has 0 radical (unpaired) electrons. The molecule has 1 aromatic carbocycles. The molecule has 0 atom stereocenters. The van der Waals surface area contributed by atoms with E-state index in [9.17, 15) is 0 Å². The molecule has 0 heterocycles. The summed E-state index contributed by atoms with van der Waals surface area (Å²) in [4.78, 5) is 0. The summed E-state index contributed by atoms with van der Waals surface area (Å²) in [5.74, 6) is 0.947. The van der Waals surface area contributed by atoms with Gasteiger partial charge in [0.15, 0.2) is 0 Å². The van der Waals surface area contributed by atoms with Crippen LogP contribution >= 0.6 is 11.6 Å². The number of methoxy groups -OCH3 is 1. The number of aliphatic hydroxyl groups is 1.